The molecule has 0 aliphatic carbocycles. The molecule has 0 fully saturated rings. The van der Waals surface area contributed by atoms with Crippen LogP contribution in [0.25, 0.3) is 22.2 Å². The minimum Gasteiger partial charge on any atom is -0.494 e. The van der Waals surface area contributed by atoms with E-state index in [-0.39, 0.29) is 47.5 Å². The molecule has 52 heavy (non-hydrogen) atoms. The third-order valence-electron chi connectivity index (χ3n) is 9.38. The summed E-state index contributed by atoms with van der Waals surface area (Å²) in [5.74, 6) is 0.300. The molecule has 2 aromatic heterocycles. The zero-order valence-corrected chi connectivity index (χ0v) is 30.4. The summed E-state index contributed by atoms with van der Waals surface area (Å²) in [4.78, 5) is 62.7. The maximum absolute atomic E-state index is 14.1. The number of aromatic amines is 1. The topological polar surface area (TPSA) is 125 Å². The molecule has 10 nitrogen and oxygen atoms in total. The van der Waals surface area contributed by atoms with Crippen molar-refractivity contribution in [3.05, 3.63) is 118 Å². The van der Waals surface area contributed by atoms with Crippen molar-refractivity contribution in [3.63, 3.8) is 0 Å². The number of imide groups is 1. The molecule has 10 heteroatoms. The van der Waals surface area contributed by atoms with E-state index in [9.17, 15) is 19.2 Å². The number of urea groups is 1. The number of ether oxygens (including phenoxy) is 1. The van der Waals surface area contributed by atoms with Crippen LogP contribution in [0.2, 0.25) is 0 Å². The van der Waals surface area contributed by atoms with Crippen molar-refractivity contribution in [3.8, 4) is 16.9 Å². The molecule has 3 aromatic carbocycles. The van der Waals surface area contributed by atoms with E-state index in [4.69, 9.17) is 4.74 Å². The lowest BCUT2D eigenvalue weighted by Crippen LogP contribution is -2.39. The molecule has 0 unspecified atom stereocenters. The fourth-order valence-electron chi connectivity index (χ4n) is 6.58. The molecule has 6 rings (SSSR count). The Morgan fingerprint density at radius 2 is 1.54 bits per heavy atom. The number of aromatic nitrogens is 2. The van der Waals surface area contributed by atoms with Gasteiger partial charge in [-0.25, -0.2) is 9.78 Å². The van der Waals surface area contributed by atoms with Gasteiger partial charge < -0.3 is 15.0 Å². The summed E-state index contributed by atoms with van der Waals surface area (Å²) in [5.41, 5.74) is 5.93. The van der Waals surface area contributed by atoms with E-state index in [2.05, 4.69) is 62.0 Å². The van der Waals surface area contributed by atoms with Crippen molar-refractivity contribution in [2.75, 3.05) is 29.9 Å². The first-order valence-corrected chi connectivity index (χ1v) is 18.0. The zero-order chi connectivity index (χ0) is 36.9. The number of amides is 4. The van der Waals surface area contributed by atoms with Gasteiger partial charge in [0.15, 0.2) is 0 Å². The second-order valence-electron chi connectivity index (χ2n) is 13.7. The van der Waals surface area contributed by atoms with Crippen LogP contribution >= 0.6 is 0 Å². The zero-order valence-electron chi connectivity index (χ0n) is 30.4. The van der Waals surface area contributed by atoms with Crippen molar-refractivity contribution < 1.29 is 19.1 Å². The minimum atomic E-state index is -0.369. The van der Waals surface area contributed by atoms with Gasteiger partial charge in [0, 0.05) is 30.4 Å². The van der Waals surface area contributed by atoms with Crippen LogP contribution in [0.4, 0.5) is 16.2 Å². The smallest absolute Gasteiger partial charge is 0.326 e. The SMILES string of the molecule is CCCCN(C(=O)Nc1c(C(C)C)cc(-c2cccc(OCCCN3C(=O)c4ccccc4C3=O)c2)cc1C(C)C)c1cc2cccnc2[nH]c1=O. The first-order valence-electron chi connectivity index (χ1n) is 18.0. The monoisotopic (exact) mass is 699 g/mol. The lowest BCUT2D eigenvalue weighted by Gasteiger charge is -2.27. The van der Waals surface area contributed by atoms with Crippen LogP contribution in [-0.2, 0) is 0 Å². The normalized spacial score (nSPS) is 12.6. The highest BCUT2D eigenvalue weighted by atomic mass is 16.5. The van der Waals surface area contributed by atoms with Crippen molar-refractivity contribution in [2.45, 2.75) is 65.7 Å². The Morgan fingerprint density at radius 3 is 2.19 bits per heavy atom. The Kier molecular flexibility index (Phi) is 10.8. The fourth-order valence-corrected chi connectivity index (χ4v) is 6.58. The quantitative estimate of drug-likeness (QED) is 0.0936. The van der Waals surface area contributed by atoms with E-state index in [1.165, 1.54) is 9.80 Å². The Balaban J connectivity index is 1.22. The van der Waals surface area contributed by atoms with E-state index < -0.39 is 0 Å². The van der Waals surface area contributed by atoms with Crippen LogP contribution in [0, 0.1) is 0 Å². The van der Waals surface area contributed by atoms with E-state index in [0.29, 0.717) is 42.1 Å². The fraction of sp³-hybridized carbons (Fsp3) is 0.310. The van der Waals surface area contributed by atoms with Crippen LogP contribution in [0.15, 0.2) is 89.9 Å². The average Bonchev–Trinajstić information content (AvgIpc) is 3.38. The van der Waals surface area contributed by atoms with Crippen molar-refractivity contribution >= 4 is 40.3 Å². The molecule has 0 saturated carbocycles. The number of nitrogens with zero attached hydrogens (tertiary/aromatic N) is 3. The summed E-state index contributed by atoms with van der Waals surface area (Å²) in [6.07, 6.45) is 3.70. The lowest BCUT2D eigenvalue weighted by molar-refractivity contribution is 0.0646. The first-order chi connectivity index (χ1) is 25.1. The van der Waals surface area contributed by atoms with E-state index >= 15 is 0 Å². The average molecular weight is 700 g/mol. The highest BCUT2D eigenvalue weighted by molar-refractivity contribution is 6.21. The molecule has 1 aliphatic rings. The van der Waals surface area contributed by atoms with Crippen LogP contribution in [0.1, 0.15) is 97.6 Å². The molecular weight excluding hydrogens is 654 g/mol. The first kappa shape index (κ1) is 36.0. The molecule has 4 amide bonds. The maximum Gasteiger partial charge on any atom is 0.326 e. The van der Waals surface area contributed by atoms with Gasteiger partial charge in [-0.2, -0.15) is 0 Å². The standard InChI is InChI=1S/C42H45N5O5/c1-6-7-19-46(36-25-29-14-11-18-43-38(29)45-39(36)48)42(51)44-37-34(26(2)3)23-30(24-35(37)27(4)5)28-13-10-15-31(22-28)52-21-12-20-47-40(49)32-16-8-9-17-33(32)41(47)50/h8-11,13-18,22-27H,6-7,12,19-21H2,1-5H3,(H,44,51)(H,43,45,48). The summed E-state index contributed by atoms with van der Waals surface area (Å²) in [6.45, 7) is 11.4. The van der Waals surface area contributed by atoms with Crippen LogP contribution in [-0.4, -0.2) is 52.4 Å². The number of nitrogens with one attached hydrogen (secondary N) is 2. The van der Waals surface area contributed by atoms with Gasteiger partial charge in [-0.1, -0.05) is 65.3 Å². The number of benzene rings is 3. The highest BCUT2D eigenvalue weighted by Crippen LogP contribution is 2.38. The summed E-state index contributed by atoms with van der Waals surface area (Å²) >= 11 is 0. The van der Waals surface area contributed by atoms with Crippen molar-refractivity contribution in [2.24, 2.45) is 0 Å². The predicted molar refractivity (Wildman–Crippen MR) is 206 cm³/mol. The highest BCUT2D eigenvalue weighted by Gasteiger charge is 2.34. The Hall–Kier alpha value is -5.77. The maximum atomic E-state index is 14.1. The molecule has 268 valence electrons. The summed E-state index contributed by atoms with van der Waals surface area (Å²) in [6, 6.07) is 24.0. The van der Waals surface area contributed by atoms with Crippen molar-refractivity contribution in [1.82, 2.24) is 14.9 Å². The molecule has 2 N–H and O–H groups in total. The molecule has 1 aliphatic heterocycles. The molecule has 0 radical (unpaired) electrons. The Bertz CT molecular complexity index is 2130. The van der Waals surface area contributed by atoms with E-state index in [0.717, 1.165) is 46.2 Å². The number of hydrogen-bond acceptors (Lipinski definition) is 6. The minimum absolute atomic E-state index is 0.0774. The molecule has 0 bridgehead atoms. The summed E-state index contributed by atoms with van der Waals surface area (Å²) < 4.78 is 6.10. The molecule has 3 heterocycles. The number of fused-ring (bicyclic) bond motifs is 2. The molecule has 0 spiro atoms. The summed E-state index contributed by atoms with van der Waals surface area (Å²) in [7, 11) is 0. The largest absolute Gasteiger partial charge is 0.494 e. The van der Waals surface area contributed by atoms with Gasteiger partial charge in [-0.3, -0.25) is 24.2 Å². The predicted octanol–water partition coefficient (Wildman–Crippen LogP) is 8.74. The van der Waals surface area contributed by atoms with E-state index in [1.54, 1.807) is 42.6 Å². The number of rotatable bonds is 13. The molecule has 0 atom stereocenters. The Morgan fingerprint density at radius 1 is 0.846 bits per heavy atom. The van der Waals surface area contributed by atoms with Gasteiger partial charge in [0.25, 0.3) is 17.4 Å². The van der Waals surface area contributed by atoms with Crippen LogP contribution in [0.5, 0.6) is 5.75 Å². The van der Waals surface area contributed by atoms with Gasteiger partial charge in [0.05, 0.1) is 17.7 Å². The number of hydrogen-bond donors (Lipinski definition) is 2. The number of pyridine rings is 2. The summed E-state index contributed by atoms with van der Waals surface area (Å²) in [5, 5.41) is 3.97. The van der Waals surface area contributed by atoms with Gasteiger partial charge in [0.1, 0.15) is 17.1 Å². The second kappa shape index (κ2) is 15.6. The number of anilines is 2. The molecular formula is C42H45N5O5. The number of carbonyl (C=O) groups is 3. The lowest BCUT2D eigenvalue weighted by atomic mass is 9.88. The van der Waals surface area contributed by atoms with Gasteiger partial charge in [0.2, 0.25) is 0 Å². The second-order valence-corrected chi connectivity index (χ2v) is 13.7. The van der Waals surface area contributed by atoms with Crippen LogP contribution < -0.4 is 20.5 Å². The van der Waals surface area contributed by atoms with Crippen LogP contribution in [0.3, 0.4) is 0 Å². The van der Waals surface area contributed by atoms with Gasteiger partial charge in [-0.05, 0) is 102 Å². The number of H-pyrrole nitrogens is 1. The number of carbonyl (C=O) groups excluding carboxylic acids is 3. The Labute approximate surface area is 303 Å². The van der Waals surface area contributed by atoms with Crippen molar-refractivity contribution in [1.29, 1.82) is 0 Å². The third kappa shape index (κ3) is 7.46. The van der Waals surface area contributed by atoms with Gasteiger partial charge >= 0.3 is 6.03 Å². The third-order valence-corrected chi connectivity index (χ3v) is 9.38. The number of unbranched alkanes of at least 4 members (excludes halogenated alkanes) is 1. The molecule has 0 saturated heterocycles. The van der Waals surface area contributed by atoms with Gasteiger partial charge in [-0.15, -0.1) is 0 Å². The molecule has 5 aromatic rings. The van der Waals surface area contributed by atoms with E-state index in [1.807, 2.05) is 30.3 Å².